The van der Waals surface area contributed by atoms with Crippen LogP contribution in [0.1, 0.15) is 31.2 Å². The molecule has 1 atom stereocenters. The largest absolute Gasteiger partial charge is 0.463 e. The lowest BCUT2D eigenvalue weighted by Gasteiger charge is -2.29. The van der Waals surface area contributed by atoms with Gasteiger partial charge in [-0.2, -0.15) is 0 Å². The van der Waals surface area contributed by atoms with Gasteiger partial charge in [0.1, 0.15) is 11.6 Å². The van der Waals surface area contributed by atoms with E-state index in [1.807, 2.05) is 12.1 Å². The van der Waals surface area contributed by atoms with Gasteiger partial charge in [0, 0.05) is 12.1 Å². The third-order valence-corrected chi connectivity index (χ3v) is 7.50. The van der Waals surface area contributed by atoms with Crippen molar-refractivity contribution < 1.29 is 23.2 Å². The highest BCUT2D eigenvalue weighted by Gasteiger charge is 2.33. The van der Waals surface area contributed by atoms with Crippen LogP contribution < -0.4 is 24.7 Å². The molecule has 36 heavy (non-hydrogen) atoms. The zero-order valence-electron chi connectivity index (χ0n) is 20.4. The average Bonchev–Trinajstić information content (AvgIpc) is 3.44. The predicted molar refractivity (Wildman–Crippen MR) is 134 cm³/mol. The number of quaternary nitrogens is 1. The second kappa shape index (κ2) is 9.87. The number of thiazole rings is 1. The number of rotatable bonds is 5. The van der Waals surface area contributed by atoms with Crippen LogP contribution >= 0.6 is 11.3 Å². The van der Waals surface area contributed by atoms with Gasteiger partial charge in [-0.05, 0) is 37.6 Å². The molecule has 0 spiro atoms. The van der Waals surface area contributed by atoms with Crippen LogP contribution in [-0.4, -0.2) is 50.4 Å². The number of nitrogens with one attached hydrogen (secondary N) is 1. The van der Waals surface area contributed by atoms with Gasteiger partial charge in [0.05, 0.1) is 61.7 Å². The summed E-state index contributed by atoms with van der Waals surface area (Å²) >= 11 is 1.23. The van der Waals surface area contributed by atoms with E-state index in [0.29, 0.717) is 26.4 Å². The molecule has 1 saturated heterocycles. The van der Waals surface area contributed by atoms with Gasteiger partial charge in [0.15, 0.2) is 10.7 Å². The zero-order valence-corrected chi connectivity index (χ0v) is 21.2. The minimum absolute atomic E-state index is 0.186. The number of hydrogen-bond acceptors (Lipinski definition) is 7. The molecule has 0 unspecified atom stereocenters. The van der Waals surface area contributed by atoms with Gasteiger partial charge in [0.2, 0.25) is 0 Å². The minimum Gasteiger partial charge on any atom is -0.463 e. The highest BCUT2D eigenvalue weighted by molar-refractivity contribution is 7.07. The topological polar surface area (TPSA) is 81.5 Å². The SMILES string of the molecule is CCOC(=O)C1=C(C)N=c2s/c(=C/c3ccc(N4CC[NH+](C)CC4)o3)c(=O)n2[C@H]1c1ccc(F)cc1. The number of piperazine rings is 1. The molecule has 0 saturated carbocycles. The lowest BCUT2D eigenvalue weighted by atomic mass is 9.96. The van der Waals surface area contributed by atoms with E-state index in [1.165, 1.54) is 32.9 Å². The second-order valence-electron chi connectivity index (χ2n) is 8.97. The molecule has 1 fully saturated rings. The number of carbonyl (C=O) groups is 1. The summed E-state index contributed by atoms with van der Waals surface area (Å²) in [6, 6.07) is 8.78. The van der Waals surface area contributed by atoms with E-state index in [4.69, 9.17) is 9.15 Å². The number of hydrogen-bond donors (Lipinski definition) is 1. The summed E-state index contributed by atoms with van der Waals surface area (Å²) in [6.07, 6.45) is 1.71. The van der Waals surface area contributed by atoms with Crippen molar-refractivity contribution in [3.8, 4) is 0 Å². The first-order valence-corrected chi connectivity index (χ1v) is 12.8. The summed E-state index contributed by atoms with van der Waals surface area (Å²) in [5.41, 5.74) is 1.02. The number of benzene rings is 1. The fourth-order valence-corrected chi connectivity index (χ4v) is 5.61. The number of allylic oxidation sites excluding steroid dienone is 1. The number of esters is 1. The molecule has 10 heteroatoms. The Morgan fingerprint density at radius 3 is 2.67 bits per heavy atom. The molecule has 2 aromatic heterocycles. The maximum atomic E-state index is 13.7. The molecule has 2 aliphatic rings. The third kappa shape index (κ3) is 4.54. The van der Waals surface area contributed by atoms with E-state index < -0.39 is 17.8 Å². The number of carbonyl (C=O) groups excluding carboxylic acids is 1. The Kier molecular flexibility index (Phi) is 6.63. The smallest absolute Gasteiger partial charge is 0.338 e. The van der Waals surface area contributed by atoms with Crippen molar-refractivity contribution in [1.29, 1.82) is 0 Å². The maximum Gasteiger partial charge on any atom is 0.338 e. The fourth-order valence-electron chi connectivity index (χ4n) is 4.58. The summed E-state index contributed by atoms with van der Waals surface area (Å²) in [5.74, 6) is 0.402. The number of halogens is 1. The van der Waals surface area contributed by atoms with Crippen LogP contribution in [0.2, 0.25) is 0 Å². The highest BCUT2D eigenvalue weighted by atomic mass is 32.1. The van der Waals surface area contributed by atoms with Gasteiger partial charge >= 0.3 is 5.97 Å². The van der Waals surface area contributed by atoms with E-state index in [2.05, 4.69) is 16.9 Å². The molecule has 0 aliphatic carbocycles. The molecule has 0 amide bonds. The van der Waals surface area contributed by atoms with Crippen molar-refractivity contribution in [1.82, 2.24) is 4.57 Å². The number of likely N-dealkylation sites (N-methyl/N-ethyl adjacent to an activating group) is 1. The third-order valence-electron chi connectivity index (χ3n) is 6.52. The first-order valence-electron chi connectivity index (χ1n) is 12.0. The van der Waals surface area contributed by atoms with Gasteiger partial charge < -0.3 is 19.0 Å². The second-order valence-corrected chi connectivity index (χ2v) is 9.98. The molecule has 188 valence electrons. The highest BCUT2D eigenvalue weighted by Crippen LogP contribution is 2.30. The van der Waals surface area contributed by atoms with Gasteiger partial charge in [-0.3, -0.25) is 9.36 Å². The van der Waals surface area contributed by atoms with Crippen LogP contribution in [0.25, 0.3) is 6.08 Å². The Labute approximate surface area is 211 Å². The predicted octanol–water partition coefficient (Wildman–Crippen LogP) is 0.865. The number of anilines is 1. The Bertz CT molecular complexity index is 1490. The van der Waals surface area contributed by atoms with Crippen LogP contribution in [-0.2, 0) is 9.53 Å². The molecule has 1 N–H and O–H groups in total. The van der Waals surface area contributed by atoms with Crippen LogP contribution in [0.4, 0.5) is 10.3 Å². The number of ether oxygens (including phenoxy) is 1. The molecule has 3 aromatic rings. The molecular formula is C26H28FN4O4S+. The average molecular weight is 512 g/mol. The molecule has 1 aromatic carbocycles. The van der Waals surface area contributed by atoms with Gasteiger partial charge in [-0.1, -0.05) is 23.5 Å². The van der Waals surface area contributed by atoms with Gasteiger partial charge in [-0.25, -0.2) is 14.2 Å². The molecule has 5 rings (SSSR count). The van der Waals surface area contributed by atoms with Crippen LogP contribution in [0.5, 0.6) is 0 Å². The van der Waals surface area contributed by atoms with E-state index in [0.717, 1.165) is 32.1 Å². The summed E-state index contributed by atoms with van der Waals surface area (Å²) in [6.45, 7) is 7.53. The van der Waals surface area contributed by atoms with Crippen LogP contribution in [0.3, 0.4) is 0 Å². The summed E-state index contributed by atoms with van der Waals surface area (Å²) in [5, 5.41) is 0. The summed E-state index contributed by atoms with van der Waals surface area (Å²) in [4.78, 5) is 35.2. The monoisotopic (exact) mass is 511 g/mol. The minimum atomic E-state index is -0.775. The molecular weight excluding hydrogens is 483 g/mol. The first kappa shape index (κ1) is 24.2. The van der Waals surface area contributed by atoms with Crippen LogP contribution in [0.15, 0.2) is 61.9 Å². The lowest BCUT2D eigenvalue weighted by Crippen LogP contribution is -3.12. The van der Waals surface area contributed by atoms with Gasteiger partial charge in [0.25, 0.3) is 5.56 Å². The molecule has 0 bridgehead atoms. The van der Waals surface area contributed by atoms with E-state index in [9.17, 15) is 14.0 Å². The quantitative estimate of drug-likeness (QED) is 0.514. The van der Waals surface area contributed by atoms with E-state index >= 15 is 0 Å². The Hall–Kier alpha value is -3.50. The molecule has 8 nitrogen and oxygen atoms in total. The maximum absolute atomic E-state index is 13.7. The Balaban J connectivity index is 1.58. The van der Waals surface area contributed by atoms with E-state index in [-0.39, 0.29) is 17.7 Å². The normalized spacial score (nSPS) is 18.8. The number of nitrogens with zero attached hydrogens (tertiary/aromatic N) is 3. The Morgan fingerprint density at radius 1 is 1.25 bits per heavy atom. The van der Waals surface area contributed by atoms with Crippen molar-refractivity contribution >= 4 is 29.3 Å². The number of furan rings is 1. The Morgan fingerprint density at radius 2 is 1.97 bits per heavy atom. The molecule has 2 aliphatic heterocycles. The van der Waals surface area contributed by atoms with Gasteiger partial charge in [-0.15, -0.1) is 0 Å². The van der Waals surface area contributed by atoms with Crippen LogP contribution in [0, 0.1) is 5.82 Å². The van der Waals surface area contributed by atoms with Crippen molar-refractivity contribution in [3.63, 3.8) is 0 Å². The van der Waals surface area contributed by atoms with Crippen molar-refractivity contribution in [2.75, 3.05) is 44.7 Å². The summed E-state index contributed by atoms with van der Waals surface area (Å²) < 4.78 is 26.9. The van der Waals surface area contributed by atoms with E-state index in [1.54, 1.807) is 32.1 Å². The molecule has 4 heterocycles. The first-order chi connectivity index (χ1) is 17.4. The van der Waals surface area contributed by atoms with Crippen molar-refractivity contribution in [3.05, 3.63) is 84.5 Å². The molecule has 0 radical (unpaired) electrons. The zero-order chi connectivity index (χ0) is 25.4. The van der Waals surface area contributed by atoms with Crippen molar-refractivity contribution in [2.24, 2.45) is 4.99 Å². The lowest BCUT2D eigenvalue weighted by molar-refractivity contribution is -0.880. The summed E-state index contributed by atoms with van der Waals surface area (Å²) in [7, 11) is 2.18. The number of fused-ring (bicyclic) bond motifs is 1. The van der Waals surface area contributed by atoms with Crippen molar-refractivity contribution in [2.45, 2.75) is 19.9 Å². The standard InChI is InChI=1S/C26H27FN4O4S/c1-4-34-25(33)22-16(2)28-26-31(23(22)17-5-7-18(27)8-6-17)24(32)20(36-26)15-19-9-10-21(35-19)30-13-11-29(3)12-14-30/h5-10,15,23H,4,11-14H2,1-3H3/p+1/b20-15+/t23-/m0/s1. The number of aromatic nitrogens is 1. The fraction of sp³-hybridized carbons (Fsp3) is 0.346.